The average Bonchev–Trinajstić information content (AvgIpc) is 2.65. The van der Waals surface area contributed by atoms with Crippen LogP contribution in [0.2, 0.25) is 0 Å². The molecule has 2 nitrogen and oxygen atoms in total. The van der Waals surface area contributed by atoms with Gasteiger partial charge in [-0.2, -0.15) is 5.10 Å². The summed E-state index contributed by atoms with van der Waals surface area (Å²) in [6.45, 7) is 6.73. The molecule has 0 amide bonds. The SMILES string of the molecule is CC(C)(C)Cc1cnn(-c2ccccc2)c1. The molecule has 0 atom stereocenters. The van der Waals surface area contributed by atoms with Gasteiger partial charge in [0.2, 0.25) is 0 Å². The number of para-hydroxylation sites is 1. The van der Waals surface area contributed by atoms with Crippen LogP contribution in [0.25, 0.3) is 5.69 Å². The Labute approximate surface area is 96.9 Å². The van der Waals surface area contributed by atoms with E-state index >= 15 is 0 Å². The molecule has 0 spiro atoms. The summed E-state index contributed by atoms with van der Waals surface area (Å²) in [5, 5.41) is 4.39. The Morgan fingerprint density at radius 2 is 1.81 bits per heavy atom. The molecule has 1 aromatic heterocycles. The number of hydrogen-bond donors (Lipinski definition) is 0. The fourth-order valence-corrected chi connectivity index (χ4v) is 1.79. The molecule has 84 valence electrons. The predicted molar refractivity (Wildman–Crippen MR) is 66.7 cm³/mol. The number of benzene rings is 1. The van der Waals surface area contributed by atoms with Crippen LogP contribution in [0.15, 0.2) is 42.7 Å². The number of rotatable bonds is 2. The minimum Gasteiger partial charge on any atom is -0.241 e. The quantitative estimate of drug-likeness (QED) is 0.748. The zero-order chi connectivity index (χ0) is 11.6. The van der Waals surface area contributed by atoms with Gasteiger partial charge in [-0.15, -0.1) is 0 Å². The second-order valence-corrected chi connectivity index (χ2v) is 5.37. The lowest BCUT2D eigenvalue weighted by Crippen LogP contribution is -2.08. The largest absolute Gasteiger partial charge is 0.241 e. The summed E-state index contributed by atoms with van der Waals surface area (Å²) in [5.74, 6) is 0. The van der Waals surface area contributed by atoms with Gasteiger partial charge in [0.05, 0.1) is 11.9 Å². The third-order valence-corrected chi connectivity index (χ3v) is 2.39. The molecule has 16 heavy (non-hydrogen) atoms. The van der Waals surface area contributed by atoms with Crippen LogP contribution in [0.1, 0.15) is 26.3 Å². The summed E-state index contributed by atoms with van der Waals surface area (Å²) in [7, 11) is 0. The van der Waals surface area contributed by atoms with Gasteiger partial charge >= 0.3 is 0 Å². The van der Waals surface area contributed by atoms with Crippen LogP contribution in [-0.2, 0) is 6.42 Å². The fraction of sp³-hybridized carbons (Fsp3) is 0.357. The second-order valence-electron chi connectivity index (χ2n) is 5.37. The zero-order valence-corrected chi connectivity index (χ0v) is 10.1. The first-order valence-electron chi connectivity index (χ1n) is 5.64. The molecule has 0 aliphatic heterocycles. The van der Waals surface area contributed by atoms with Gasteiger partial charge < -0.3 is 0 Å². The highest BCUT2D eigenvalue weighted by molar-refractivity contribution is 5.31. The standard InChI is InChI=1S/C14H18N2/c1-14(2,3)9-12-10-15-16(11-12)13-7-5-4-6-8-13/h4-8,10-11H,9H2,1-3H3. The van der Waals surface area contributed by atoms with E-state index in [0.717, 1.165) is 12.1 Å². The van der Waals surface area contributed by atoms with Gasteiger partial charge in [-0.1, -0.05) is 39.0 Å². The monoisotopic (exact) mass is 214 g/mol. The van der Waals surface area contributed by atoms with E-state index in [-0.39, 0.29) is 0 Å². The van der Waals surface area contributed by atoms with Crippen LogP contribution < -0.4 is 0 Å². The molecular weight excluding hydrogens is 196 g/mol. The van der Waals surface area contributed by atoms with Gasteiger partial charge in [0.25, 0.3) is 0 Å². The van der Waals surface area contributed by atoms with Crippen LogP contribution in [0, 0.1) is 5.41 Å². The summed E-state index contributed by atoms with van der Waals surface area (Å²) in [6, 6.07) is 10.2. The molecule has 1 heterocycles. The van der Waals surface area contributed by atoms with E-state index in [4.69, 9.17) is 0 Å². The maximum Gasteiger partial charge on any atom is 0.0645 e. The third kappa shape index (κ3) is 2.72. The molecule has 0 aliphatic rings. The Kier molecular flexibility index (Phi) is 2.82. The van der Waals surface area contributed by atoms with Crippen molar-refractivity contribution >= 4 is 0 Å². The Morgan fingerprint density at radius 3 is 2.44 bits per heavy atom. The zero-order valence-electron chi connectivity index (χ0n) is 10.1. The van der Waals surface area contributed by atoms with Gasteiger partial charge in [-0.3, -0.25) is 0 Å². The van der Waals surface area contributed by atoms with Crippen molar-refractivity contribution in [3.05, 3.63) is 48.3 Å². The number of hydrogen-bond acceptors (Lipinski definition) is 1. The minimum absolute atomic E-state index is 0.310. The van der Waals surface area contributed by atoms with E-state index < -0.39 is 0 Å². The summed E-state index contributed by atoms with van der Waals surface area (Å²) in [4.78, 5) is 0. The summed E-state index contributed by atoms with van der Waals surface area (Å²) in [5.41, 5.74) is 2.71. The molecule has 0 unspecified atom stereocenters. The highest BCUT2D eigenvalue weighted by Crippen LogP contribution is 2.20. The van der Waals surface area contributed by atoms with E-state index in [1.54, 1.807) is 0 Å². The van der Waals surface area contributed by atoms with Crippen molar-refractivity contribution in [1.29, 1.82) is 0 Å². The Balaban J connectivity index is 2.21. The molecule has 0 bridgehead atoms. The molecule has 0 saturated carbocycles. The van der Waals surface area contributed by atoms with Crippen LogP contribution >= 0.6 is 0 Å². The van der Waals surface area contributed by atoms with E-state index in [2.05, 4.69) is 44.2 Å². The Hall–Kier alpha value is -1.57. The topological polar surface area (TPSA) is 17.8 Å². The first-order chi connectivity index (χ1) is 7.54. The van der Waals surface area contributed by atoms with Crippen molar-refractivity contribution in [3.8, 4) is 5.69 Å². The molecule has 0 aliphatic carbocycles. The van der Waals surface area contributed by atoms with Crippen LogP contribution in [0.4, 0.5) is 0 Å². The number of aromatic nitrogens is 2. The second kappa shape index (κ2) is 4.12. The van der Waals surface area contributed by atoms with Crippen molar-refractivity contribution in [3.63, 3.8) is 0 Å². The summed E-state index contributed by atoms with van der Waals surface area (Å²) in [6.07, 6.45) is 5.12. The van der Waals surface area contributed by atoms with Crippen LogP contribution in [-0.4, -0.2) is 9.78 Å². The summed E-state index contributed by atoms with van der Waals surface area (Å²) >= 11 is 0. The maximum absolute atomic E-state index is 4.39. The van der Waals surface area contributed by atoms with Crippen molar-refractivity contribution in [1.82, 2.24) is 9.78 Å². The van der Waals surface area contributed by atoms with Crippen molar-refractivity contribution < 1.29 is 0 Å². The van der Waals surface area contributed by atoms with Crippen LogP contribution in [0.3, 0.4) is 0 Å². The van der Waals surface area contributed by atoms with Crippen molar-refractivity contribution in [2.45, 2.75) is 27.2 Å². The lowest BCUT2D eigenvalue weighted by atomic mass is 9.89. The van der Waals surface area contributed by atoms with E-state index in [9.17, 15) is 0 Å². The first kappa shape index (κ1) is 10.9. The third-order valence-electron chi connectivity index (χ3n) is 2.39. The molecule has 0 saturated heterocycles. The molecule has 2 rings (SSSR count). The smallest absolute Gasteiger partial charge is 0.0645 e. The first-order valence-corrected chi connectivity index (χ1v) is 5.64. The van der Waals surface area contributed by atoms with E-state index in [0.29, 0.717) is 5.41 Å². The van der Waals surface area contributed by atoms with Gasteiger partial charge in [0, 0.05) is 6.20 Å². The van der Waals surface area contributed by atoms with Crippen LogP contribution in [0.5, 0.6) is 0 Å². The average molecular weight is 214 g/mol. The minimum atomic E-state index is 0.310. The molecule has 0 radical (unpaired) electrons. The van der Waals surface area contributed by atoms with Crippen molar-refractivity contribution in [2.24, 2.45) is 5.41 Å². The van der Waals surface area contributed by atoms with Gasteiger partial charge in [-0.25, -0.2) is 4.68 Å². The van der Waals surface area contributed by atoms with Crippen molar-refractivity contribution in [2.75, 3.05) is 0 Å². The molecule has 2 aromatic rings. The molecular formula is C14H18N2. The van der Waals surface area contributed by atoms with Gasteiger partial charge in [-0.05, 0) is 29.5 Å². The lowest BCUT2D eigenvalue weighted by Gasteiger charge is -2.16. The molecule has 2 heteroatoms. The van der Waals surface area contributed by atoms with E-state index in [1.165, 1.54) is 5.56 Å². The van der Waals surface area contributed by atoms with Gasteiger partial charge in [0.1, 0.15) is 0 Å². The highest BCUT2D eigenvalue weighted by Gasteiger charge is 2.12. The van der Waals surface area contributed by atoms with E-state index in [1.807, 2.05) is 29.1 Å². The molecule has 1 aromatic carbocycles. The highest BCUT2D eigenvalue weighted by atomic mass is 15.3. The fourth-order valence-electron chi connectivity index (χ4n) is 1.79. The Morgan fingerprint density at radius 1 is 1.12 bits per heavy atom. The van der Waals surface area contributed by atoms with Gasteiger partial charge in [0.15, 0.2) is 0 Å². The molecule has 0 fully saturated rings. The lowest BCUT2D eigenvalue weighted by molar-refractivity contribution is 0.411. The number of nitrogens with zero attached hydrogens (tertiary/aromatic N) is 2. The summed E-state index contributed by atoms with van der Waals surface area (Å²) < 4.78 is 1.93. The predicted octanol–water partition coefficient (Wildman–Crippen LogP) is 3.46. The maximum atomic E-state index is 4.39. The Bertz CT molecular complexity index is 449. The normalized spacial score (nSPS) is 11.7. The molecule has 0 N–H and O–H groups in total.